The summed E-state index contributed by atoms with van der Waals surface area (Å²) < 4.78 is 0. The van der Waals surface area contributed by atoms with E-state index in [9.17, 15) is 19.2 Å². The predicted molar refractivity (Wildman–Crippen MR) is 108 cm³/mol. The van der Waals surface area contributed by atoms with Crippen molar-refractivity contribution in [3.63, 3.8) is 0 Å². The molecule has 2 aromatic rings. The van der Waals surface area contributed by atoms with E-state index in [0.29, 0.717) is 10.6 Å². The fourth-order valence-corrected chi connectivity index (χ4v) is 5.11. The SMILES string of the molecule is C[C@@]1(c2cnccn2)NC(=O)N(CC(=O)Nc2sc3c(c2C(N)=O)CCCC3)C1=O. The normalized spacial score (nSPS) is 20.6. The maximum Gasteiger partial charge on any atom is 0.325 e. The number of nitrogens with zero attached hydrogens (tertiary/aromatic N) is 3. The molecule has 0 spiro atoms. The quantitative estimate of drug-likeness (QED) is 0.603. The number of fused-ring (bicyclic) bond motifs is 1. The Hall–Kier alpha value is -3.34. The molecule has 156 valence electrons. The first-order valence-electron chi connectivity index (χ1n) is 9.46. The van der Waals surface area contributed by atoms with Gasteiger partial charge in [0.25, 0.3) is 11.8 Å². The minimum absolute atomic E-state index is 0.271. The predicted octanol–water partition coefficient (Wildman–Crippen LogP) is 0.921. The molecular weight excluding hydrogens is 408 g/mol. The van der Waals surface area contributed by atoms with Gasteiger partial charge in [0, 0.05) is 17.3 Å². The Labute approximate surface area is 175 Å². The first kappa shape index (κ1) is 20.0. The van der Waals surface area contributed by atoms with Crippen LogP contribution in [0.2, 0.25) is 0 Å². The second kappa shape index (κ2) is 7.48. The molecule has 0 bridgehead atoms. The summed E-state index contributed by atoms with van der Waals surface area (Å²) in [5.41, 5.74) is 5.61. The van der Waals surface area contributed by atoms with Crippen molar-refractivity contribution in [2.45, 2.75) is 38.1 Å². The van der Waals surface area contributed by atoms with E-state index >= 15 is 0 Å². The van der Waals surface area contributed by atoms with E-state index in [4.69, 9.17) is 5.73 Å². The van der Waals surface area contributed by atoms with Gasteiger partial charge in [0.1, 0.15) is 11.5 Å². The largest absolute Gasteiger partial charge is 0.365 e. The van der Waals surface area contributed by atoms with Crippen LogP contribution in [-0.4, -0.2) is 45.2 Å². The van der Waals surface area contributed by atoms with Crippen LogP contribution in [0, 0.1) is 0 Å². The lowest BCUT2D eigenvalue weighted by molar-refractivity contribution is -0.133. The van der Waals surface area contributed by atoms with Crippen LogP contribution in [-0.2, 0) is 28.0 Å². The van der Waals surface area contributed by atoms with Crippen LogP contribution in [0.25, 0.3) is 0 Å². The highest BCUT2D eigenvalue weighted by Gasteiger charge is 2.50. The summed E-state index contributed by atoms with van der Waals surface area (Å²) >= 11 is 1.32. The highest BCUT2D eigenvalue weighted by atomic mass is 32.1. The number of amides is 5. The van der Waals surface area contributed by atoms with E-state index in [2.05, 4.69) is 20.6 Å². The molecule has 1 fully saturated rings. The van der Waals surface area contributed by atoms with Crippen molar-refractivity contribution in [3.05, 3.63) is 40.3 Å². The van der Waals surface area contributed by atoms with Gasteiger partial charge in [-0.15, -0.1) is 11.3 Å². The number of aryl methyl sites for hydroxylation is 1. The van der Waals surface area contributed by atoms with Gasteiger partial charge in [0.15, 0.2) is 5.54 Å². The molecule has 30 heavy (non-hydrogen) atoms. The highest BCUT2D eigenvalue weighted by Crippen LogP contribution is 2.38. The average molecular weight is 428 g/mol. The van der Waals surface area contributed by atoms with Crippen LogP contribution in [0.3, 0.4) is 0 Å². The third-order valence-corrected chi connectivity index (χ3v) is 6.53. The summed E-state index contributed by atoms with van der Waals surface area (Å²) in [4.78, 5) is 59.8. The second-order valence-corrected chi connectivity index (χ2v) is 8.47. The number of aromatic nitrogens is 2. The van der Waals surface area contributed by atoms with E-state index in [1.165, 1.54) is 36.9 Å². The van der Waals surface area contributed by atoms with Crippen LogP contribution < -0.4 is 16.4 Å². The molecule has 4 rings (SSSR count). The lowest BCUT2D eigenvalue weighted by atomic mass is 9.95. The van der Waals surface area contributed by atoms with E-state index in [0.717, 1.165) is 41.0 Å². The van der Waals surface area contributed by atoms with Crippen LogP contribution >= 0.6 is 11.3 Å². The maximum absolute atomic E-state index is 12.9. The topological polar surface area (TPSA) is 147 Å². The molecule has 1 aliphatic heterocycles. The number of anilines is 1. The zero-order valence-corrected chi connectivity index (χ0v) is 17.0. The number of carbonyl (C=O) groups is 4. The van der Waals surface area contributed by atoms with Gasteiger partial charge in [0.2, 0.25) is 5.91 Å². The maximum atomic E-state index is 12.9. The summed E-state index contributed by atoms with van der Waals surface area (Å²) in [6, 6.07) is -0.705. The van der Waals surface area contributed by atoms with Gasteiger partial charge in [-0.05, 0) is 38.2 Å². The molecule has 3 heterocycles. The molecule has 0 radical (unpaired) electrons. The monoisotopic (exact) mass is 428 g/mol. The zero-order chi connectivity index (χ0) is 21.5. The molecule has 1 atom stereocenters. The third-order valence-electron chi connectivity index (χ3n) is 5.32. The summed E-state index contributed by atoms with van der Waals surface area (Å²) in [6.45, 7) is 1.01. The number of hydrogen-bond donors (Lipinski definition) is 3. The number of nitrogens with one attached hydrogen (secondary N) is 2. The fraction of sp³-hybridized carbons (Fsp3) is 0.368. The number of primary amides is 1. The van der Waals surface area contributed by atoms with E-state index in [1.807, 2.05) is 0 Å². The van der Waals surface area contributed by atoms with Gasteiger partial charge < -0.3 is 16.4 Å². The molecule has 2 aromatic heterocycles. The summed E-state index contributed by atoms with van der Waals surface area (Å²) in [7, 11) is 0. The van der Waals surface area contributed by atoms with Crippen LogP contribution in [0.4, 0.5) is 9.80 Å². The van der Waals surface area contributed by atoms with Crippen molar-refractivity contribution in [1.29, 1.82) is 0 Å². The fourth-order valence-electron chi connectivity index (χ4n) is 3.80. The second-order valence-electron chi connectivity index (χ2n) is 7.36. The van der Waals surface area contributed by atoms with Crippen LogP contribution in [0.15, 0.2) is 18.6 Å². The summed E-state index contributed by atoms with van der Waals surface area (Å²) in [5, 5.41) is 5.59. The Balaban J connectivity index is 1.53. The molecule has 1 aliphatic carbocycles. The van der Waals surface area contributed by atoms with E-state index in [-0.39, 0.29) is 5.69 Å². The standard InChI is InChI=1S/C19H20N6O4S/c1-19(12-8-21-6-7-22-12)17(28)25(18(29)24-19)9-13(26)23-16-14(15(20)27)10-4-2-3-5-11(10)30-16/h6-8H,2-5,9H2,1H3,(H2,20,27)(H,23,26)(H,24,29)/t19-/m0/s1. The van der Waals surface area contributed by atoms with Gasteiger partial charge in [-0.1, -0.05) is 0 Å². The average Bonchev–Trinajstić information content (AvgIpc) is 3.19. The number of hydrogen-bond acceptors (Lipinski definition) is 7. The Morgan fingerprint density at radius 3 is 2.77 bits per heavy atom. The molecular formula is C19H20N6O4S. The van der Waals surface area contributed by atoms with Gasteiger partial charge in [-0.2, -0.15) is 0 Å². The molecule has 4 N–H and O–H groups in total. The Morgan fingerprint density at radius 1 is 1.30 bits per heavy atom. The van der Waals surface area contributed by atoms with Crippen molar-refractivity contribution >= 4 is 40.1 Å². The molecule has 1 saturated heterocycles. The minimum Gasteiger partial charge on any atom is -0.365 e. The number of carbonyl (C=O) groups excluding carboxylic acids is 4. The van der Waals surface area contributed by atoms with Gasteiger partial charge in [-0.25, -0.2) is 4.79 Å². The Morgan fingerprint density at radius 2 is 2.07 bits per heavy atom. The van der Waals surface area contributed by atoms with Crippen molar-refractivity contribution in [2.24, 2.45) is 5.73 Å². The lowest BCUT2D eigenvalue weighted by Crippen LogP contribution is -2.42. The third kappa shape index (κ3) is 3.30. The van der Waals surface area contributed by atoms with Crippen molar-refractivity contribution in [1.82, 2.24) is 20.2 Å². The number of imide groups is 1. The molecule has 5 amide bonds. The lowest BCUT2D eigenvalue weighted by Gasteiger charge is -2.20. The van der Waals surface area contributed by atoms with Gasteiger partial charge in [0.05, 0.1) is 17.5 Å². The Kier molecular flexibility index (Phi) is 4.98. The number of rotatable bonds is 5. The number of nitrogens with two attached hydrogens (primary N) is 1. The molecule has 10 nitrogen and oxygen atoms in total. The van der Waals surface area contributed by atoms with Crippen molar-refractivity contribution < 1.29 is 19.2 Å². The molecule has 2 aliphatic rings. The van der Waals surface area contributed by atoms with Gasteiger partial charge >= 0.3 is 6.03 Å². The first-order chi connectivity index (χ1) is 14.3. The molecule has 0 unspecified atom stereocenters. The highest BCUT2D eigenvalue weighted by molar-refractivity contribution is 7.17. The molecule has 0 aromatic carbocycles. The minimum atomic E-state index is -1.41. The molecule has 0 saturated carbocycles. The van der Waals surface area contributed by atoms with E-state index in [1.54, 1.807) is 0 Å². The van der Waals surface area contributed by atoms with Crippen molar-refractivity contribution in [3.8, 4) is 0 Å². The molecule has 11 heteroatoms. The number of urea groups is 1. The van der Waals surface area contributed by atoms with Gasteiger partial charge in [-0.3, -0.25) is 29.3 Å². The first-order valence-corrected chi connectivity index (χ1v) is 10.3. The summed E-state index contributed by atoms with van der Waals surface area (Å²) in [5.74, 6) is -1.80. The number of thiophene rings is 1. The summed E-state index contributed by atoms with van der Waals surface area (Å²) in [6.07, 6.45) is 7.80. The Bertz CT molecular complexity index is 1050. The smallest absolute Gasteiger partial charge is 0.325 e. The van der Waals surface area contributed by atoms with Crippen LogP contribution in [0.5, 0.6) is 0 Å². The van der Waals surface area contributed by atoms with Crippen LogP contribution in [0.1, 0.15) is 46.3 Å². The zero-order valence-electron chi connectivity index (χ0n) is 16.2. The van der Waals surface area contributed by atoms with Crippen molar-refractivity contribution in [2.75, 3.05) is 11.9 Å². The van der Waals surface area contributed by atoms with E-state index < -0.39 is 35.8 Å².